The number of rotatable bonds is 1. The average Bonchev–Trinajstić information content (AvgIpc) is 2.06. The molecule has 0 radical (unpaired) electrons. The highest BCUT2D eigenvalue weighted by Gasteiger charge is 2.10. The minimum Gasteiger partial charge on any atom is -0.506 e. The normalized spacial score (nSPS) is 9.42. The Balaban J connectivity index is 3.25. The van der Waals surface area contributed by atoms with Crippen molar-refractivity contribution >= 4 is 15.9 Å². The fourth-order valence-corrected chi connectivity index (χ4v) is 1.20. The molecule has 62 valence electrons. The van der Waals surface area contributed by atoms with Crippen LogP contribution in [0.2, 0.25) is 0 Å². The van der Waals surface area contributed by atoms with Gasteiger partial charge in [0.2, 0.25) is 0 Å². The van der Waals surface area contributed by atoms with Crippen molar-refractivity contribution in [1.29, 1.82) is 5.26 Å². The van der Waals surface area contributed by atoms with E-state index >= 15 is 0 Å². The number of phenols is 1. The smallest absolute Gasteiger partial charge is 0.136 e. The maximum atomic E-state index is 12.9. The molecule has 0 unspecified atom stereocenters. The number of hydrogen-bond donors (Lipinski definition) is 1. The molecule has 0 heterocycles. The fourth-order valence-electron chi connectivity index (χ4n) is 0.830. The van der Waals surface area contributed by atoms with Gasteiger partial charge in [-0.2, -0.15) is 5.26 Å². The number of aromatic hydroxyl groups is 1. The monoisotopic (exact) mass is 229 g/mol. The molecule has 0 spiro atoms. The van der Waals surface area contributed by atoms with Crippen LogP contribution < -0.4 is 0 Å². The first kappa shape index (κ1) is 9.01. The summed E-state index contributed by atoms with van der Waals surface area (Å²) in [6.07, 6.45) is -0.128. The zero-order chi connectivity index (χ0) is 9.14. The Bertz CT molecular complexity index is 346. The highest BCUT2D eigenvalue weighted by molar-refractivity contribution is 9.10. The third-order valence-corrected chi connectivity index (χ3v) is 2.07. The Morgan fingerprint density at radius 3 is 2.83 bits per heavy atom. The topological polar surface area (TPSA) is 44.0 Å². The third kappa shape index (κ3) is 1.56. The molecule has 4 heteroatoms. The van der Waals surface area contributed by atoms with Crippen molar-refractivity contribution in [3.8, 4) is 11.8 Å². The molecule has 12 heavy (non-hydrogen) atoms. The van der Waals surface area contributed by atoms with Crippen LogP contribution >= 0.6 is 15.9 Å². The maximum Gasteiger partial charge on any atom is 0.136 e. The van der Waals surface area contributed by atoms with Crippen LogP contribution in [0.4, 0.5) is 4.39 Å². The van der Waals surface area contributed by atoms with E-state index < -0.39 is 5.82 Å². The van der Waals surface area contributed by atoms with Gasteiger partial charge in [0, 0.05) is 5.56 Å². The van der Waals surface area contributed by atoms with Crippen LogP contribution in [0.5, 0.6) is 5.75 Å². The summed E-state index contributed by atoms with van der Waals surface area (Å²) in [5.74, 6) is -0.756. The van der Waals surface area contributed by atoms with Crippen molar-refractivity contribution in [3.05, 3.63) is 28.0 Å². The van der Waals surface area contributed by atoms with Gasteiger partial charge in [-0.3, -0.25) is 0 Å². The van der Waals surface area contributed by atoms with Gasteiger partial charge in [0.05, 0.1) is 17.0 Å². The van der Waals surface area contributed by atoms with Crippen LogP contribution in [0.15, 0.2) is 16.6 Å². The Morgan fingerprint density at radius 1 is 1.58 bits per heavy atom. The predicted octanol–water partition coefficient (Wildman–Crippen LogP) is 2.36. The molecule has 1 rings (SSSR count). The van der Waals surface area contributed by atoms with Gasteiger partial charge in [0.15, 0.2) is 0 Å². The van der Waals surface area contributed by atoms with Crippen molar-refractivity contribution in [1.82, 2.24) is 0 Å². The maximum absolute atomic E-state index is 12.9. The minimum atomic E-state index is -0.558. The predicted molar refractivity (Wildman–Crippen MR) is 45.1 cm³/mol. The quantitative estimate of drug-likeness (QED) is 0.804. The molecule has 0 atom stereocenters. The molecule has 0 aliphatic carbocycles. The molecule has 0 saturated heterocycles. The number of nitrogens with zero attached hydrogens (tertiary/aromatic N) is 1. The van der Waals surface area contributed by atoms with Gasteiger partial charge in [-0.15, -0.1) is 0 Å². The van der Waals surface area contributed by atoms with E-state index in [2.05, 4.69) is 15.9 Å². The van der Waals surface area contributed by atoms with Gasteiger partial charge in [0.25, 0.3) is 0 Å². The molecule has 1 N–H and O–H groups in total. The summed E-state index contributed by atoms with van der Waals surface area (Å²) in [5.41, 5.74) is 0.0341. The van der Waals surface area contributed by atoms with Gasteiger partial charge < -0.3 is 5.11 Å². The second-order valence-electron chi connectivity index (χ2n) is 2.19. The summed E-state index contributed by atoms with van der Waals surface area (Å²) in [6, 6.07) is 4.37. The number of hydrogen-bond acceptors (Lipinski definition) is 2. The molecule has 0 fully saturated rings. The van der Waals surface area contributed by atoms with E-state index in [4.69, 9.17) is 5.26 Å². The molecular weight excluding hydrogens is 225 g/mol. The van der Waals surface area contributed by atoms with Crippen LogP contribution in [0.1, 0.15) is 5.56 Å². The molecule has 0 aliphatic heterocycles. The number of phenolic OH excluding ortho intramolecular Hbond substituents is 1. The summed E-state index contributed by atoms with van der Waals surface area (Å²) in [7, 11) is 0. The van der Waals surface area contributed by atoms with E-state index in [1.54, 1.807) is 6.07 Å². The summed E-state index contributed by atoms with van der Waals surface area (Å²) in [5, 5.41) is 17.6. The van der Waals surface area contributed by atoms with Gasteiger partial charge in [-0.25, -0.2) is 4.39 Å². The molecule has 0 aliphatic rings. The first-order chi connectivity index (χ1) is 5.66. The Labute approximate surface area is 77.4 Å². The highest BCUT2D eigenvalue weighted by Crippen LogP contribution is 2.29. The largest absolute Gasteiger partial charge is 0.506 e. The van der Waals surface area contributed by atoms with Crippen LogP contribution in [-0.4, -0.2) is 5.11 Å². The van der Waals surface area contributed by atoms with E-state index in [1.165, 1.54) is 12.1 Å². The highest BCUT2D eigenvalue weighted by atomic mass is 79.9. The van der Waals surface area contributed by atoms with E-state index in [0.717, 1.165) is 0 Å². The Hall–Kier alpha value is -1.08. The molecule has 0 amide bonds. The van der Waals surface area contributed by atoms with Crippen molar-refractivity contribution in [3.63, 3.8) is 0 Å². The van der Waals surface area contributed by atoms with Gasteiger partial charge in [-0.05, 0) is 28.1 Å². The van der Waals surface area contributed by atoms with E-state index in [9.17, 15) is 9.50 Å². The van der Waals surface area contributed by atoms with E-state index in [-0.39, 0.29) is 17.7 Å². The molecule has 0 saturated carbocycles. The van der Waals surface area contributed by atoms with E-state index in [1.807, 2.05) is 0 Å². The van der Waals surface area contributed by atoms with Crippen LogP contribution in [0.25, 0.3) is 0 Å². The molecule has 1 aromatic rings. The lowest BCUT2D eigenvalue weighted by atomic mass is 10.1. The summed E-state index contributed by atoms with van der Waals surface area (Å²) < 4.78 is 13.3. The SMILES string of the molecule is N#CCc1c(F)ccc(Br)c1O. The third-order valence-electron chi connectivity index (χ3n) is 1.43. The lowest BCUT2D eigenvalue weighted by Crippen LogP contribution is -1.89. The number of benzene rings is 1. The molecule has 2 nitrogen and oxygen atoms in total. The molecule has 0 bridgehead atoms. The van der Waals surface area contributed by atoms with Crippen molar-refractivity contribution in [2.45, 2.75) is 6.42 Å². The molecule has 1 aromatic carbocycles. The standard InChI is InChI=1S/C8H5BrFNO/c9-6-1-2-7(10)5(3-4-11)8(6)12/h1-2,12H,3H2. The first-order valence-electron chi connectivity index (χ1n) is 3.19. The minimum absolute atomic E-state index is 0.0341. The van der Waals surface area contributed by atoms with Crippen LogP contribution in [0.3, 0.4) is 0 Å². The lowest BCUT2D eigenvalue weighted by molar-refractivity contribution is 0.458. The number of nitriles is 1. The first-order valence-corrected chi connectivity index (χ1v) is 3.99. The van der Waals surface area contributed by atoms with Crippen molar-refractivity contribution in [2.24, 2.45) is 0 Å². The summed E-state index contributed by atoms with van der Waals surface area (Å²) >= 11 is 3.02. The fraction of sp³-hybridized carbons (Fsp3) is 0.125. The second-order valence-corrected chi connectivity index (χ2v) is 3.05. The number of halogens is 2. The summed E-state index contributed by atoms with van der Waals surface area (Å²) in [6.45, 7) is 0. The lowest BCUT2D eigenvalue weighted by Gasteiger charge is -2.02. The summed E-state index contributed by atoms with van der Waals surface area (Å²) in [4.78, 5) is 0. The van der Waals surface area contributed by atoms with Crippen molar-refractivity contribution < 1.29 is 9.50 Å². The van der Waals surface area contributed by atoms with Gasteiger partial charge in [0.1, 0.15) is 11.6 Å². The zero-order valence-electron chi connectivity index (χ0n) is 6.01. The average molecular weight is 230 g/mol. The Kier molecular flexibility index (Phi) is 2.66. The van der Waals surface area contributed by atoms with Crippen molar-refractivity contribution in [2.75, 3.05) is 0 Å². The van der Waals surface area contributed by atoms with Gasteiger partial charge >= 0.3 is 0 Å². The second kappa shape index (κ2) is 3.55. The van der Waals surface area contributed by atoms with Crippen LogP contribution in [-0.2, 0) is 6.42 Å². The molecular formula is C8H5BrFNO. The zero-order valence-corrected chi connectivity index (χ0v) is 7.60. The van der Waals surface area contributed by atoms with Crippen LogP contribution in [0, 0.1) is 17.1 Å². The Morgan fingerprint density at radius 2 is 2.25 bits per heavy atom. The van der Waals surface area contributed by atoms with E-state index in [0.29, 0.717) is 4.47 Å². The molecule has 0 aromatic heterocycles. The van der Waals surface area contributed by atoms with Gasteiger partial charge in [-0.1, -0.05) is 0 Å².